The second kappa shape index (κ2) is 5.67. The highest BCUT2D eigenvalue weighted by atomic mass is 16.2. The molecule has 1 heterocycles. The van der Waals surface area contributed by atoms with Crippen molar-refractivity contribution in [2.75, 3.05) is 18.0 Å². The number of amides is 1. The summed E-state index contributed by atoms with van der Waals surface area (Å²) in [6.07, 6.45) is 2.20. The summed E-state index contributed by atoms with van der Waals surface area (Å²) >= 11 is 0. The summed E-state index contributed by atoms with van der Waals surface area (Å²) in [5.74, 6) is -0.0621. The van der Waals surface area contributed by atoms with Crippen LogP contribution < -0.4 is 10.3 Å². The van der Waals surface area contributed by atoms with Gasteiger partial charge in [-0.2, -0.15) is 5.10 Å². The number of carbonyl (C=O) groups is 1. The fraction of sp³-hybridized carbons (Fsp3) is 0.429. The molecule has 2 rings (SSSR count). The Morgan fingerprint density at radius 2 is 2.17 bits per heavy atom. The number of para-hydroxylation sites is 1. The van der Waals surface area contributed by atoms with Crippen LogP contribution in [-0.2, 0) is 11.2 Å². The van der Waals surface area contributed by atoms with Crippen LogP contribution in [0.4, 0.5) is 5.69 Å². The summed E-state index contributed by atoms with van der Waals surface area (Å²) in [7, 11) is 0. The van der Waals surface area contributed by atoms with Crippen molar-refractivity contribution >= 4 is 17.3 Å². The van der Waals surface area contributed by atoms with E-state index in [2.05, 4.69) is 27.6 Å². The molecule has 0 bridgehead atoms. The first-order valence-corrected chi connectivity index (χ1v) is 6.29. The Balaban J connectivity index is 2.03. The van der Waals surface area contributed by atoms with Gasteiger partial charge in [0, 0.05) is 17.9 Å². The van der Waals surface area contributed by atoms with E-state index >= 15 is 0 Å². The Bertz CT molecular complexity index is 464. The van der Waals surface area contributed by atoms with E-state index in [1.54, 1.807) is 0 Å². The lowest BCUT2D eigenvalue weighted by atomic mass is 10.0. The third kappa shape index (κ3) is 3.09. The molecule has 1 amide bonds. The number of rotatable bonds is 3. The van der Waals surface area contributed by atoms with Crippen molar-refractivity contribution in [2.45, 2.75) is 26.7 Å². The summed E-state index contributed by atoms with van der Waals surface area (Å²) in [5.41, 5.74) is 5.92. The normalized spacial score (nSPS) is 13.8. The monoisotopic (exact) mass is 245 g/mol. The third-order valence-corrected chi connectivity index (χ3v) is 2.95. The molecule has 1 N–H and O–H groups in total. The number of aryl methyl sites for hydroxylation is 1. The summed E-state index contributed by atoms with van der Waals surface area (Å²) in [6.45, 7) is 5.01. The van der Waals surface area contributed by atoms with Gasteiger partial charge < -0.3 is 4.90 Å². The smallest absolute Gasteiger partial charge is 0.259 e. The zero-order chi connectivity index (χ0) is 13.0. The summed E-state index contributed by atoms with van der Waals surface area (Å²) in [4.78, 5) is 13.9. The number of hydrogen-bond acceptors (Lipinski definition) is 3. The SMILES string of the molecule is CC(C)=NNC(=O)CN1CCCc2ccccc21. The minimum absolute atomic E-state index is 0.0621. The molecule has 1 aliphatic rings. The lowest BCUT2D eigenvalue weighted by Gasteiger charge is -2.30. The van der Waals surface area contributed by atoms with Gasteiger partial charge in [0.1, 0.15) is 0 Å². The third-order valence-electron chi connectivity index (χ3n) is 2.95. The minimum atomic E-state index is -0.0621. The highest BCUT2D eigenvalue weighted by molar-refractivity contribution is 5.85. The topological polar surface area (TPSA) is 44.7 Å². The van der Waals surface area contributed by atoms with Crippen molar-refractivity contribution in [3.8, 4) is 0 Å². The molecule has 0 aliphatic carbocycles. The minimum Gasteiger partial charge on any atom is -0.362 e. The quantitative estimate of drug-likeness (QED) is 0.653. The molecule has 0 saturated carbocycles. The largest absolute Gasteiger partial charge is 0.362 e. The summed E-state index contributed by atoms with van der Waals surface area (Å²) in [6, 6.07) is 8.28. The molecule has 0 atom stereocenters. The zero-order valence-corrected chi connectivity index (χ0v) is 10.9. The van der Waals surface area contributed by atoms with Crippen molar-refractivity contribution in [1.29, 1.82) is 0 Å². The van der Waals surface area contributed by atoms with Crippen LogP contribution >= 0.6 is 0 Å². The molecule has 4 heteroatoms. The van der Waals surface area contributed by atoms with Crippen LogP contribution in [0.1, 0.15) is 25.8 Å². The predicted molar refractivity (Wildman–Crippen MR) is 73.9 cm³/mol. The fourth-order valence-electron chi connectivity index (χ4n) is 2.16. The van der Waals surface area contributed by atoms with E-state index in [4.69, 9.17) is 0 Å². The van der Waals surface area contributed by atoms with Gasteiger partial charge in [-0.3, -0.25) is 4.79 Å². The number of fused-ring (bicyclic) bond motifs is 1. The van der Waals surface area contributed by atoms with Gasteiger partial charge in [-0.25, -0.2) is 5.43 Å². The van der Waals surface area contributed by atoms with E-state index in [0.29, 0.717) is 6.54 Å². The molecule has 1 aromatic carbocycles. The Kier molecular flexibility index (Phi) is 3.97. The molecule has 0 spiro atoms. The van der Waals surface area contributed by atoms with E-state index in [9.17, 15) is 4.79 Å². The van der Waals surface area contributed by atoms with E-state index < -0.39 is 0 Å². The number of nitrogens with zero attached hydrogens (tertiary/aromatic N) is 2. The molecule has 1 aliphatic heterocycles. The van der Waals surface area contributed by atoms with Crippen molar-refractivity contribution in [3.63, 3.8) is 0 Å². The highest BCUT2D eigenvalue weighted by Crippen LogP contribution is 2.26. The lowest BCUT2D eigenvalue weighted by Crippen LogP contribution is -2.38. The van der Waals surface area contributed by atoms with Gasteiger partial charge in [0.25, 0.3) is 5.91 Å². The molecule has 1 aromatic rings. The molecule has 0 saturated heterocycles. The molecular formula is C14H19N3O. The predicted octanol–water partition coefficient (Wildman–Crippen LogP) is 1.95. The second-order valence-electron chi connectivity index (χ2n) is 4.75. The number of hydrazone groups is 1. The molecule has 0 radical (unpaired) electrons. The first-order valence-electron chi connectivity index (χ1n) is 6.29. The number of carbonyl (C=O) groups excluding carboxylic acids is 1. The standard InChI is InChI=1S/C14H19N3O/c1-11(2)15-16-14(18)10-17-9-5-7-12-6-3-4-8-13(12)17/h3-4,6,8H,5,7,9-10H2,1-2H3,(H,16,18). The van der Waals surface area contributed by atoms with Crippen LogP contribution in [0.2, 0.25) is 0 Å². The number of benzene rings is 1. The lowest BCUT2D eigenvalue weighted by molar-refractivity contribution is -0.119. The van der Waals surface area contributed by atoms with Gasteiger partial charge in [0.2, 0.25) is 0 Å². The molecule has 4 nitrogen and oxygen atoms in total. The molecular weight excluding hydrogens is 226 g/mol. The first kappa shape index (κ1) is 12.6. The van der Waals surface area contributed by atoms with E-state index in [0.717, 1.165) is 25.1 Å². The van der Waals surface area contributed by atoms with Crippen LogP contribution in [0.3, 0.4) is 0 Å². The van der Waals surface area contributed by atoms with Crippen molar-refractivity contribution in [3.05, 3.63) is 29.8 Å². The van der Waals surface area contributed by atoms with Crippen LogP contribution in [0.5, 0.6) is 0 Å². The van der Waals surface area contributed by atoms with Gasteiger partial charge >= 0.3 is 0 Å². The molecule has 18 heavy (non-hydrogen) atoms. The summed E-state index contributed by atoms with van der Waals surface area (Å²) < 4.78 is 0. The van der Waals surface area contributed by atoms with Crippen LogP contribution in [0.25, 0.3) is 0 Å². The molecule has 0 unspecified atom stereocenters. The van der Waals surface area contributed by atoms with Gasteiger partial charge in [-0.15, -0.1) is 0 Å². The van der Waals surface area contributed by atoms with Crippen LogP contribution in [0, 0.1) is 0 Å². The van der Waals surface area contributed by atoms with E-state index in [1.165, 1.54) is 11.3 Å². The fourth-order valence-corrected chi connectivity index (χ4v) is 2.16. The maximum atomic E-state index is 11.8. The Labute approximate surface area is 108 Å². The molecule has 0 aromatic heterocycles. The molecule has 0 fully saturated rings. The highest BCUT2D eigenvalue weighted by Gasteiger charge is 2.18. The number of anilines is 1. The van der Waals surface area contributed by atoms with E-state index in [-0.39, 0.29) is 5.91 Å². The van der Waals surface area contributed by atoms with Crippen molar-refractivity contribution in [2.24, 2.45) is 5.10 Å². The average molecular weight is 245 g/mol. The maximum Gasteiger partial charge on any atom is 0.259 e. The van der Waals surface area contributed by atoms with Crippen molar-refractivity contribution < 1.29 is 4.79 Å². The average Bonchev–Trinajstić information content (AvgIpc) is 2.37. The number of nitrogens with one attached hydrogen (secondary N) is 1. The first-order chi connectivity index (χ1) is 8.66. The summed E-state index contributed by atoms with van der Waals surface area (Å²) in [5, 5.41) is 3.94. The van der Waals surface area contributed by atoms with Gasteiger partial charge in [0.15, 0.2) is 0 Å². The van der Waals surface area contributed by atoms with Gasteiger partial charge in [-0.05, 0) is 38.3 Å². The maximum absolute atomic E-state index is 11.8. The Hall–Kier alpha value is -1.84. The van der Waals surface area contributed by atoms with Crippen molar-refractivity contribution in [1.82, 2.24) is 5.43 Å². The number of hydrogen-bond donors (Lipinski definition) is 1. The van der Waals surface area contributed by atoms with Crippen LogP contribution in [-0.4, -0.2) is 24.7 Å². The van der Waals surface area contributed by atoms with Gasteiger partial charge in [0.05, 0.1) is 6.54 Å². The Morgan fingerprint density at radius 3 is 2.94 bits per heavy atom. The molecule has 96 valence electrons. The van der Waals surface area contributed by atoms with E-state index in [1.807, 2.05) is 26.0 Å². The van der Waals surface area contributed by atoms with Crippen LogP contribution in [0.15, 0.2) is 29.4 Å². The Morgan fingerprint density at radius 1 is 1.39 bits per heavy atom. The second-order valence-corrected chi connectivity index (χ2v) is 4.75. The van der Waals surface area contributed by atoms with Gasteiger partial charge in [-0.1, -0.05) is 18.2 Å². The zero-order valence-electron chi connectivity index (χ0n) is 10.9.